The fourth-order valence-electron chi connectivity index (χ4n) is 2.56. The van der Waals surface area contributed by atoms with Gasteiger partial charge in [-0.3, -0.25) is 10.2 Å². The zero-order chi connectivity index (χ0) is 14.3. The second-order valence-corrected chi connectivity index (χ2v) is 6.42. The first-order valence-corrected chi connectivity index (χ1v) is 7.18. The van der Waals surface area contributed by atoms with Crippen LogP contribution in [0.4, 0.5) is 10.8 Å². The van der Waals surface area contributed by atoms with Gasteiger partial charge in [-0.05, 0) is 25.5 Å². The number of nitrogens with one attached hydrogen (secondary N) is 1. The van der Waals surface area contributed by atoms with Gasteiger partial charge in [-0.25, -0.2) is 10.8 Å². The van der Waals surface area contributed by atoms with Gasteiger partial charge in [0.1, 0.15) is 0 Å². The Balaban J connectivity index is 1.96. The van der Waals surface area contributed by atoms with Gasteiger partial charge in [-0.2, -0.15) is 0 Å². The summed E-state index contributed by atoms with van der Waals surface area (Å²) in [6.45, 7) is 4.46. The van der Waals surface area contributed by atoms with E-state index in [4.69, 9.17) is 5.84 Å². The van der Waals surface area contributed by atoms with E-state index in [0.717, 1.165) is 16.1 Å². The predicted molar refractivity (Wildman–Crippen MR) is 80.6 cm³/mol. The summed E-state index contributed by atoms with van der Waals surface area (Å²) >= 11 is 1.46. The molecule has 1 amide bonds. The van der Waals surface area contributed by atoms with Gasteiger partial charge in [0.15, 0.2) is 5.13 Å². The lowest BCUT2D eigenvalue weighted by Gasteiger charge is -2.19. The van der Waals surface area contributed by atoms with E-state index in [0.29, 0.717) is 11.7 Å². The Morgan fingerprint density at radius 1 is 1.40 bits per heavy atom. The Morgan fingerprint density at radius 3 is 2.85 bits per heavy atom. The molecule has 104 valence electrons. The van der Waals surface area contributed by atoms with E-state index in [1.807, 2.05) is 43.0 Å². The van der Waals surface area contributed by atoms with Crippen LogP contribution in [0.15, 0.2) is 30.5 Å². The molecule has 6 heteroatoms. The van der Waals surface area contributed by atoms with Gasteiger partial charge in [0.25, 0.3) is 0 Å². The molecule has 0 radical (unpaired) electrons. The molecule has 0 fully saturated rings. The number of para-hydroxylation sites is 1. The zero-order valence-corrected chi connectivity index (χ0v) is 12.2. The van der Waals surface area contributed by atoms with E-state index in [1.165, 1.54) is 11.3 Å². The van der Waals surface area contributed by atoms with Crippen LogP contribution >= 0.6 is 11.3 Å². The van der Waals surface area contributed by atoms with E-state index in [2.05, 4.69) is 10.4 Å². The topological polar surface area (TPSA) is 71.2 Å². The highest BCUT2D eigenvalue weighted by Crippen LogP contribution is 2.42. The summed E-state index contributed by atoms with van der Waals surface area (Å²) in [5.74, 6) is 5.46. The number of carbonyl (C=O) groups excluding carboxylic acids is 1. The number of thiazole rings is 1. The van der Waals surface area contributed by atoms with E-state index >= 15 is 0 Å². The van der Waals surface area contributed by atoms with Crippen LogP contribution in [0.5, 0.6) is 0 Å². The monoisotopic (exact) mass is 288 g/mol. The van der Waals surface area contributed by atoms with E-state index < -0.39 is 5.41 Å². The first-order chi connectivity index (χ1) is 9.54. The van der Waals surface area contributed by atoms with Crippen LogP contribution in [-0.4, -0.2) is 10.9 Å². The molecular weight excluding hydrogens is 272 g/mol. The van der Waals surface area contributed by atoms with E-state index in [-0.39, 0.29) is 5.91 Å². The summed E-state index contributed by atoms with van der Waals surface area (Å²) in [7, 11) is 0. The maximum atomic E-state index is 12.6. The van der Waals surface area contributed by atoms with Crippen molar-refractivity contribution < 1.29 is 4.79 Å². The van der Waals surface area contributed by atoms with Crippen molar-refractivity contribution in [1.82, 2.24) is 4.98 Å². The smallest absolute Gasteiger partial charge is 0.237 e. The number of carbonyl (C=O) groups is 1. The average molecular weight is 288 g/mol. The maximum absolute atomic E-state index is 12.6. The first kappa shape index (κ1) is 13.1. The quantitative estimate of drug-likeness (QED) is 0.671. The number of hydrogen-bond acceptors (Lipinski definition) is 5. The second kappa shape index (κ2) is 4.57. The van der Waals surface area contributed by atoms with Crippen molar-refractivity contribution in [1.29, 1.82) is 0 Å². The largest absolute Gasteiger partial charge is 0.306 e. The molecule has 0 bridgehead atoms. The number of aromatic nitrogens is 1. The van der Waals surface area contributed by atoms with Crippen LogP contribution < -0.4 is 16.2 Å². The normalized spacial score (nSPS) is 16.4. The van der Waals surface area contributed by atoms with Crippen molar-refractivity contribution in [2.24, 2.45) is 5.84 Å². The summed E-state index contributed by atoms with van der Waals surface area (Å²) in [5.41, 5.74) is 4.11. The van der Waals surface area contributed by atoms with Crippen molar-refractivity contribution in [2.75, 3.05) is 10.3 Å². The third-order valence-corrected chi connectivity index (χ3v) is 4.55. The van der Waals surface area contributed by atoms with E-state index in [1.54, 1.807) is 6.20 Å². The number of amides is 1. The molecule has 3 rings (SSSR count). The van der Waals surface area contributed by atoms with Crippen LogP contribution in [-0.2, 0) is 16.8 Å². The number of hydrogen-bond donors (Lipinski definition) is 2. The fraction of sp³-hybridized carbons (Fsp3) is 0.286. The minimum atomic E-state index is -0.476. The van der Waals surface area contributed by atoms with Crippen LogP contribution in [0.1, 0.15) is 24.3 Å². The lowest BCUT2D eigenvalue weighted by Crippen LogP contribution is -2.35. The third-order valence-electron chi connectivity index (χ3n) is 3.64. The Bertz CT molecular complexity index is 665. The fourth-order valence-corrected chi connectivity index (χ4v) is 3.27. The molecular formula is C14H16N4OS. The van der Waals surface area contributed by atoms with Crippen molar-refractivity contribution in [3.8, 4) is 0 Å². The molecule has 20 heavy (non-hydrogen) atoms. The van der Waals surface area contributed by atoms with Gasteiger partial charge in [-0.1, -0.05) is 29.5 Å². The highest BCUT2D eigenvalue weighted by molar-refractivity contribution is 7.15. The highest BCUT2D eigenvalue weighted by atomic mass is 32.1. The van der Waals surface area contributed by atoms with Crippen molar-refractivity contribution in [2.45, 2.75) is 25.8 Å². The van der Waals surface area contributed by atoms with Crippen LogP contribution in [0.2, 0.25) is 0 Å². The Morgan fingerprint density at radius 2 is 2.15 bits per heavy atom. The number of rotatable bonds is 3. The molecule has 0 aliphatic carbocycles. The SMILES string of the molecule is CC1(C)C(=O)N(Cc2cnc(NN)s2)c2ccccc21. The first-order valence-electron chi connectivity index (χ1n) is 6.37. The van der Waals surface area contributed by atoms with Crippen molar-refractivity contribution in [3.63, 3.8) is 0 Å². The van der Waals surface area contributed by atoms with Gasteiger partial charge in [0.05, 0.1) is 12.0 Å². The highest BCUT2D eigenvalue weighted by Gasteiger charge is 2.43. The maximum Gasteiger partial charge on any atom is 0.237 e. The van der Waals surface area contributed by atoms with Gasteiger partial charge in [0, 0.05) is 16.8 Å². The predicted octanol–water partition coefficient (Wildman–Crippen LogP) is 2.25. The van der Waals surface area contributed by atoms with Crippen LogP contribution in [0.25, 0.3) is 0 Å². The van der Waals surface area contributed by atoms with Crippen LogP contribution in [0, 0.1) is 0 Å². The second-order valence-electron chi connectivity index (χ2n) is 5.31. The number of benzene rings is 1. The van der Waals surface area contributed by atoms with Gasteiger partial charge in [-0.15, -0.1) is 0 Å². The number of anilines is 2. The number of nitrogen functional groups attached to an aromatic ring is 1. The summed E-state index contributed by atoms with van der Waals surface area (Å²) in [6, 6.07) is 7.94. The molecule has 5 nitrogen and oxygen atoms in total. The minimum absolute atomic E-state index is 0.120. The zero-order valence-electron chi connectivity index (χ0n) is 11.4. The van der Waals surface area contributed by atoms with Gasteiger partial charge < -0.3 is 4.90 Å². The summed E-state index contributed by atoms with van der Waals surface area (Å²) in [5, 5.41) is 0.652. The average Bonchev–Trinajstić information content (AvgIpc) is 2.98. The molecule has 1 aliphatic heterocycles. The molecule has 0 unspecified atom stereocenters. The molecule has 1 aromatic carbocycles. The molecule has 2 heterocycles. The summed E-state index contributed by atoms with van der Waals surface area (Å²) in [6.07, 6.45) is 1.75. The Hall–Kier alpha value is -1.92. The van der Waals surface area contributed by atoms with Crippen molar-refractivity contribution >= 4 is 28.1 Å². The van der Waals surface area contributed by atoms with E-state index in [9.17, 15) is 4.79 Å². The Labute approximate surface area is 121 Å². The number of nitrogens with zero attached hydrogens (tertiary/aromatic N) is 2. The number of hydrazine groups is 1. The Kier molecular flexibility index (Phi) is 2.99. The number of fused-ring (bicyclic) bond motifs is 1. The van der Waals surface area contributed by atoms with Gasteiger partial charge >= 0.3 is 0 Å². The summed E-state index contributed by atoms with van der Waals surface area (Å²) in [4.78, 5) is 19.6. The standard InChI is InChI=1S/C14H16N4OS/c1-14(2)10-5-3-4-6-11(10)18(12(14)19)8-9-7-16-13(17-15)20-9/h3-7H,8,15H2,1-2H3,(H,16,17). The molecule has 0 saturated heterocycles. The van der Waals surface area contributed by atoms with Crippen LogP contribution in [0.3, 0.4) is 0 Å². The molecule has 0 atom stereocenters. The lowest BCUT2D eigenvalue weighted by atomic mass is 9.86. The molecule has 1 aliphatic rings. The molecule has 3 N–H and O–H groups in total. The molecule has 1 aromatic heterocycles. The lowest BCUT2D eigenvalue weighted by molar-refractivity contribution is -0.122. The molecule has 2 aromatic rings. The number of nitrogens with two attached hydrogens (primary N) is 1. The molecule has 0 spiro atoms. The minimum Gasteiger partial charge on any atom is -0.306 e. The molecule has 0 saturated carbocycles. The van der Waals surface area contributed by atoms with Crippen molar-refractivity contribution in [3.05, 3.63) is 40.9 Å². The van der Waals surface area contributed by atoms with Gasteiger partial charge in [0.2, 0.25) is 5.91 Å². The third kappa shape index (κ3) is 1.88. The summed E-state index contributed by atoms with van der Waals surface area (Å²) < 4.78 is 0.